The summed E-state index contributed by atoms with van der Waals surface area (Å²) in [6.07, 6.45) is 15.9. The Hall–Kier alpha value is -1.06. The van der Waals surface area contributed by atoms with Crippen LogP contribution in [0.2, 0.25) is 0 Å². The van der Waals surface area contributed by atoms with E-state index in [2.05, 4.69) is 38.0 Å². The number of nitrogens with zero attached hydrogens (tertiary/aromatic N) is 1. The van der Waals surface area contributed by atoms with Crippen molar-refractivity contribution in [3.8, 4) is 0 Å². The van der Waals surface area contributed by atoms with Crippen molar-refractivity contribution in [3.63, 3.8) is 0 Å². The molecule has 0 aromatic rings. The minimum atomic E-state index is 0.127. The fourth-order valence-corrected chi connectivity index (χ4v) is 12.7. The molecule has 1 N–H and O–H groups in total. The van der Waals surface area contributed by atoms with Gasteiger partial charge in [0.1, 0.15) is 0 Å². The van der Waals surface area contributed by atoms with Gasteiger partial charge in [-0.05, 0) is 129 Å². The molecule has 1 heterocycles. The van der Waals surface area contributed by atoms with Crippen LogP contribution in [0.4, 0.5) is 0 Å². The first-order valence-corrected chi connectivity index (χ1v) is 15.2. The van der Waals surface area contributed by atoms with E-state index in [1.807, 2.05) is 0 Å². The third kappa shape index (κ3) is 3.16. The molecule has 1 saturated heterocycles. The molecular formula is C31H48N2O2. The first-order valence-electron chi connectivity index (χ1n) is 15.2. The quantitative estimate of drug-likeness (QED) is 0.543. The summed E-state index contributed by atoms with van der Waals surface area (Å²) < 4.78 is 0. The van der Waals surface area contributed by atoms with E-state index in [4.69, 9.17) is 0 Å². The third-order valence-electron chi connectivity index (χ3n) is 13.6. The lowest BCUT2D eigenvalue weighted by Gasteiger charge is -2.62. The minimum absolute atomic E-state index is 0.127. The van der Waals surface area contributed by atoms with Crippen LogP contribution in [-0.2, 0) is 9.59 Å². The van der Waals surface area contributed by atoms with Crippen molar-refractivity contribution in [1.29, 1.82) is 0 Å². The zero-order valence-corrected chi connectivity index (χ0v) is 22.7. The maximum atomic E-state index is 14.2. The zero-order valence-electron chi connectivity index (χ0n) is 22.7. The lowest BCUT2D eigenvalue weighted by molar-refractivity contribution is -0.160. The van der Waals surface area contributed by atoms with Gasteiger partial charge in [-0.3, -0.25) is 9.59 Å². The van der Waals surface area contributed by atoms with Crippen molar-refractivity contribution >= 4 is 11.8 Å². The highest BCUT2D eigenvalue weighted by Gasteiger charge is 2.64. The standard InChI is InChI=1S/C31H48N2O2/c1-18-11-24-22-5-6-25-29(2,10-8-26(34)33(25)4)23(22)7-9-30(24,3)27(18)28(35)32-31-15-19-12-20(16-31)14-21(13-19)17-31/h18-25,27H,5-17H2,1-4H3,(H,32,35)/t18?,19?,20?,21?,22-,23+,24+,25-,27-,29-,30+,31?/m1/s1. The number of likely N-dealkylation sites (tertiary alicyclic amines) is 1. The van der Waals surface area contributed by atoms with Crippen LogP contribution < -0.4 is 5.32 Å². The predicted molar refractivity (Wildman–Crippen MR) is 137 cm³/mol. The van der Waals surface area contributed by atoms with E-state index in [0.29, 0.717) is 35.6 Å². The molecule has 194 valence electrons. The molecule has 2 amide bonds. The Morgan fingerprint density at radius 2 is 1.54 bits per heavy atom. The summed E-state index contributed by atoms with van der Waals surface area (Å²) in [5.74, 6) is 6.18. The first kappa shape index (κ1) is 23.1. The van der Waals surface area contributed by atoms with Crippen molar-refractivity contribution < 1.29 is 9.59 Å². The molecule has 4 bridgehead atoms. The van der Waals surface area contributed by atoms with E-state index >= 15 is 0 Å². The van der Waals surface area contributed by atoms with Gasteiger partial charge in [0.25, 0.3) is 0 Å². The fourth-order valence-electron chi connectivity index (χ4n) is 12.7. The summed E-state index contributed by atoms with van der Waals surface area (Å²) in [7, 11) is 2.06. The number of rotatable bonds is 2. The monoisotopic (exact) mass is 480 g/mol. The van der Waals surface area contributed by atoms with Gasteiger partial charge in [-0.15, -0.1) is 0 Å². The summed E-state index contributed by atoms with van der Waals surface area (Å²) in [6.45, 7) is 7.41. The van der Waals surface area contributed by atoms with Crippen molar-refractivity contribution in [2.75, 3.05) is 7.05 Å². The molecule has 35 heavy (non-hydrogen) atoms. The van der Waals surface area contributed by atoms with Gasteiger partial charge < -0.3 is 10.2 Å². The second-order valence-electron chi connectivity index (χ2n) is 15.4. The Balaban J connectivity index is 1.13. The molecule has 8 fully saturated rings. The fraction of sp³-hybridized carbons (Fsp3) is 0.935. The average molecular weight is 481 g/mol. The smallest absolute Gasteiger partial charge is 0.224 e. The average Bonchev–Trinajstić information content (AvgIpc) is 3.05. The van der Waals surface area contributed by atoms with Gasteiger partial charge in [0.05, 0.1) is 0 Å². The number of carbonyl (C=O) groups excluding carboxylic acids is 2. The lowest BCUT2D eigenvalue weighted by atomic mass is 9.46. The largest absolute Gasteiger partial charge is 0.350 e. The van der Waals surface area contributed by atoms with Crippen molar-refractivity contribution in [3.05, 3.63) is 0 Å². The first-order chi connectivity index (χ1) is 16.6. The zero-order chi connectivity index (χ0) is 24.3. The Morgan fingerprint density at radius 3 is 2.20 bits per heavy atom. The number of nitrogens with one attached hydrogen (secondary N) is 1. The van der Waals surface area contributed by atoms with Crippen LogP contribution in [0, 0.1) is 58.2 Å². The summed E-state index contributed by atoms with van der Waals surface area (Å²) in [5.41, 5.74) is 0.532. The van der Waals surface area contributed by atoms with Crippen molar-refractivity contribution in [2.45, 2.75) is 116 Å². The minimum Gasteiger partial charge on any atom is -0.350 e. The van der Waals surface area contributed by atoms with Crippen LogP contribution >= 0.6 is 0 Å². The molecule has 4 nitrogen and oxygen atoms in total. The molecule has 0 radical (unpaired) electrons. The Morgan fingerprint density at radius 1 is 0.886 bits per heavy atom. The van der Waals surface area contributed by atoms with E-state index in [9.17, 15) is 9.59 Å². The number of piperidine rings is 1. The molecule has 8 rings (SSSR count). The Bertz CT molecular complexity index is 894. The second kappa shape index (κ2) is 7.50. The number of fused-ring (bicyclic) bond motifs is 5. The Labute approximate surface area is 212 Å². The SMILES string of the molecule is CC1C[C@H]2[C@@H]3CC[C@H]4N(C)C(=O)CC[C@]4(C)[C@H]3CC[C@]2(C)[C@H]1C(=O)NC12CC3CC(CC(C3)C1)C2. The topological polar surface area (TPSA) is 49.4 Å². The molecular weight excluding hydrogens is 432 g/mol. The van der Waals surface area contributed by atoms with E-state index in [0.717, 1.165) is 42.9 Å². The summed E-state index contributed by atoms with van der Waals surface area (Å²) >= 11 is 0. The van der Waals surface area contributed by atoms with Gasteiger partial charge in [-0.2, -0.15) is 0 Å². The van der Waals surface area contributed by atoms with Gasteiger partial charge in [-0.1, -0.05) is 20.8 Å². The van der Waals surface area contributed by atoms with Crippen LogP contribution in [0.3, 0.4) is 0 Å². The molecule has 0 spiro atoms. The number of hydrogen-bond donors (Lipinski definition) is 1. The van der Waals surface area contributed by atoms with Crippen LogP contribution in [0.1, 0.15) is 104 Å². The molecule has 8 aliphatic rings. The van der Waals surface area contributed by atoms with Gasteiger partial charge in [0.2, 0.25) is 11.8 Å². The molecule has 7 saturated carbocycles. The highest BCUT2D eigenvalue weighted by molar-refractivity contribution is 5.81. The summed E-state index contributed by atoms with van der Waals surface area (Å²) in [4.78, 5) is 28.8. The molecule has 1 aliphatic heterocycles. The van der Waals surface area contributed by atoms with Gasteiger partial charge in [-0.25, -0.2) is 0 Å². The highest BCUT2D eigenvalue weighted by atomic mass is 16.2. The molecule has 7 aliphatic carbocycles. The third-order valence-corrected chi connectivity index (χ3v) is 13.6. The van der Waals surface area contributed by atoms with Gasteiger partial charge >= 0.3 is 0 Å². The maximum Gasteiger partial charge on any atom is 0.224 e. The predicted octanol–water partition coefficient (Wildman–Crippen LogP) is 5.80. The van der Waals surface area contributed by atoms with Crippen molar-refractivity contribution in [1.82, 2.24) is 10.2 Å². The molecule has 8 atom stereocenters. The van der Waals surface area contributed by atoms with Crippen molar-refractivity contribution in [2.24, 2.45) is 58.2 Å². The van der Waals surface area contributed by atoms with E-state index in [1.54, 1.807) is 0 Å². The molecule has 1 unspecified atom stereocenters. The molecule has 0 aromatic carbocycles. The second-order valence-corrected chi connectivity index (χ2v) is 15.4. The lowest BCUT2D eigenvalue weighted by Crippen LogP contribution is -2.63. The van der Waals surface area contributed by atoms with Crippen LogP contribution in [0.5, 0.6) is 0 Å². The van der Waals surface area contributed by atoms with E-state index < -0.39 is 0 Å². The van der Waals surface area contributed by atoms with Crippen LogP contribution in [0.15, 0.2) is 0 Å². The molecule has 4 heteroatoms. The number of carbonyl (C=O) groups is 2. The highest BCUT2D eigenvalue weighted by Crippen LogP contribution is 2.67. The number of amides is 2. The summed E-state index contributed by atoms with van der Waals surface area (Å²) in [6, 6.07) is 0.420. The van der Waals surface area contributed by atoms with E-state index in [1.165, 1.54) is 64.2 Å². The van der Waals surface area contributed by atoms with Crippen LogP contribution in [0.25, 0.3) is 0 Å². The van der Waals surface area contributed by atoms with E-state index in [-0.39, 0.29) is 22.3 Å². The van der Waals surface area contributed by atoms with Crippen LogP contribution in [-0.4, -0.2) is 35.3 Å². The number of hydrogen-bond acceptors (Lipinski definition) is 2. The van der Waals surface area contributed by atoms with Gasteiger partial charge in [0, 0.05) is 31.0 Å². The normalized spacial score (nSPS) is 56.4. The molecule has 0 aromatic heterocycles. The maximum absolute atomic E-state index is 14.2. The Kier molecular flexibility index (Phi) is 4.95. The van der Waals surface area contributed by atoms with Gasteiger partial charge in [0.15, 0.2) is 0 Å². The summed E-state index contributed by atoms with van der Waals surface area (Å²) in [5, 5.41) is 3.81.